The molecular weight excluding hydrogens is 365 g/mol. The smallest absolute Gasteiger partial charge is 0.273 e. The molecule has 2 rings (SSSR count). The minimum atomic E-state index is -3.99. The molecule has 0 bridgehead atoms. The third-order valence-electron chi connectivity index (χ3n) is 2.54. The number of nitrogens with one attached hydrogen (secondary N) is 1. The fourth-order valence-electron chi connectivity index (χ4n) is 1.47. The summed E-state index contributed by atoms with van der Waals surface area (Å²) in [7, 11) is -3.99. The first kappa shape index (κ1) is 18.5. The number of hydrogen-bond donors (Lipinski definition) is 2. The maximum absolute atomic E-state index is 13.0. The molecule has 0 spiro atoms. The molecule has 3 N–H and O–H groups in total. The summed E-state index contributed by atoms with van der Waals surface area (Å²) in [5.74, 6) is -3.27. The van der Waals surface area contributed by atoms with E-state index >= 15 is 0 Å². The van der Waals surface area contributed by atoms with E-state index in [4.69, 9.17) is 17.3 Å². The quantitative estimate of drug-likeness (QED) is 0.842. The zero-order valence-electron chi connectivity index (χ0n) is 10.5. The normalized spacial score (nSPS) is 12.4. The molecule has 4 nitrogen and oxygen atoms in total. The van der Waals surface area contributed by atoms with E-state index in [0.717, 1.165) is 11.3 Å². The first-order valence-corrected chi connectivity index (χ1v) is 8.18. The molecule has 0 unspecified atom stereocenters. The Morgan fingerprint density at radius 1 is 1.33 bits per heavy atom. The van der Waals surface area contributed by atoms with Crippen LogP contribution in [0, 0.1) is 0 Å². The average molecular weight is 377 g/mol. The summed E-state index contributed by atoms with van der Waals surface area (Å²) in [6.45, 7) is -1.95. The summed E-state index contributed by atoms with van der Waals surface area (Å²) < 4.78 is 52.4. The van der Waals surface area contributed by atoms with Gasteiger partial charge in [0.05, 0.1) is 13.1 Å². The molecule has 0 aliphatic carbocycles. The fourth-order valence-corrected chi connectivity index (χ4v) is 4.13. The largest absolute Gasteiger partial charge is 0.325 e. The summed E-state index contributed by atoms with van der Waals surface area (Å²) in [5.41, 5.74) is 4.86. The van der Waals surface area contributed by atoms with Crippen molar-refractivity contribution in [1.29, 1.82) is 0 Å². The Morgan fingerprint density at radius 3 is 2.62 bits per heavy atom. The van der Waals surface area contributed by atoms with Gasteiger partial charge in [-0.3, -0.25) is 0 Å². The fraction of sp³-hybridized carbons (Fsp3) is 0.273. The van der Waals surface area contributed by atoms with Crippen LogP contribution in [0.4, 0.5) is 8.78 Å². The van der Waals surface area contributed by atoms with E-state index in [2.05, 4.69) is 0 Å². The highest BCUT2D eigenvalue weighted by atomic mass is 35.5. The molecule has 10 heteroatoms. The van der Waals surface area contributed by atoms with Crippen molar-refractivity contribution in [3.05, 3.63) is 29.3 Å². The van der Waals surface area contributed by atoms with Gasteiger partial charge in [0.15, 0.2) is 0 Å². The van der Waals surface area contributed by atoms with Gasteiger partial charge in [-0.15, -0.1) is 23.7 Å². The van der Waals surface area contributed by atoms with Gasteiger partial charge in [-0.05, 0) is 29.7 Å². The van der Waals surface area contributed by atoms with Gasteiger partial charge in [-0.25, -0.2) is 21.9 Å². The number of benzene rings is 1. The van der Waals surface area contributed by atoms with Crippen LogP contribution in [-0.4, -0.2) is 27.4 Å². The van der Waals surface area contributed by atoms with Crippen molar-refractivity contribution in [1.82, 2.24) is 4.72 Å². The van der Waals surface area contributed by atoms with Gasteiger partial charge in [0, 0.05) is 9.72 Å². The molecule has 1 aromatic carbocycles. The van der Waals surface area contributed by atoms with Crippen LogP contribution in [0.5, 0.6) is 0 Å². The molecule has 1 heterocycles. The summed E-state index contributed by atoms with van der Waals surface area (Å²) in [5, 5.41) is 1.12. The van der Waals surface area contributed by atoms with Gasteiger partial charge in [0.1, 0.15) is 4.21 Å². The van der Waals surface area contributed by atoms with Gasteiger partial charge in [-0.2, -0.15) is 0 Å². The van der Waals surface area contributed by atoms with Gasteiger partial charge >= 0.3 is 0 Å². The molecule has 0 saturated heterocycles. The standard InChI is InChI=1S/C11H11ClF2N2O2S2.ClH/c12-8-1-2-9-7(3-8)4-10(19-9)20(17,18)16-6-11(13,14)5-15;/h1-4,16H,5-6,15H2;1H. The molecule has 0 fully saturated rings. The lowest BCUT2D eigenvalue weighted by Gasteiger charge is -2.13. The molecule has 21 heavy (non-hydrogen) atoms. The molecule has 2 aromatic rings. The highest BCUT2D eigenvalue weighted by Gasteiger charge is 2.30. The number of sulfonamides is 1. The van der Waals surface area contributed by atoms with E-state index in [0.29, 0.717) is 15.1 Å². The zero-order valence-corrected chi connectivity index (χ0v) is 13.7. The second-order valence-corrected chi connectivity index (χ2v) is 7.65. The predicted molar refractivity (Wildman–Crippen MR) is 83.3 cm³/mol. The molecule has 0 atom stereocenters. The first-order chi connectivity index (χ1) is 9.23. The van der Waals surface area contributed by atoms with Crippen LogP contribution in [0.25, 0.3) is 10.1 Å². The summed E-state index contributed by atoms with van der Waals surface area (Å²) in [6, 6.07) is 6.32. The highest BCUT2D eigenvalue weighted by Crippen LogP contribution is 2.30. The highest BCUT2D eigenvalue weighted by molar-refractivity contribution is 7.91. The second-order valence-electron chi connectivity index (χ2n) is 4.13. The van der Waals surface area contributed by atoms with Crippen LogP contribution < -0.4 is 10.5 Å². The van der Waals surface area contributed by atoms with Crippen LogP contribution in [0.3, 0.4) is 0 Å². The zero-order chi connectivity index (χ0) is 15.0. The Bertz CT molecular complexity index is 735. The third-order valence-corrected chi connectivity index (χ3v) is 5.77. The lowest BCUT2D eigenvalue weighted by Crippen LogP contribution is -2.41. The van der Waals surface area contributed by atoms with E-state index in [1.807, 2.05) is 4.72 Å². The van der Waals surface area contributed by atoms with Crippen LogP contribution in [0.2, 0.25) is 5.02 Å². The van der Waals surface area contributed by atoms with Crippen molar-refractivity contribution in [2.24, 2.45) is 5.73 Å². The van der Waals surface area contributed by atoms with Crippen molar-refractivity contribution in [3.63, 3.8) is 0 Å². The Hall–Kier alpha value is -0.510. The first-order valence-electron chi connectivity index (χ1n) is 5.50. The van der Waals surface area contributed by atoms with E-state index in [-0.39, 0.29) is 16.6 Å². The Kier molecular flexibility index (Phi) is 5.93. The number of rotatable bonds is 5. The van der Waals surface area contributed by atoms with Crippen LogP contribution >= 0.6 is 35.3 Å². The van der Waals surface area contributed by atoms with Gasteiger partial charge in [0.2, 0.25) is 10.0 Å². The van der Waals surface area contributed by atoms with Gasteiger partial charge in [0.25, 0.3) is 5.92 Å². The van der Waals surface area contributed by atoms with Crippen molar-refractivity contribution in [3.8, 4) is 0 Å². The number of halogens is 4. The Balaban J connectivity index is 0.00000220. The molecule has 0 saturated carbocycles. The minimum absolute atomic E-state index is 0. The molecular formula is C11H12Cl2F2N2O2S2. The minimum Gasteiger partial charge on any atom is -0.325 e. The topological polar surface area (TPSA) is 72.2 Å². The van der Waals surface area contributed by atoms with Gasteiger partial charge < -0.3 is 5.73 Å². The van der Waals surface area contributed by atoms with E-state index < -0.39 is 29.0 Å². The summed E-state index contributed by atoms with van der Waals surface area (Å²) in [4.78, 5) is 0. The second kappa shape index (κ2) is 6.72. The number of alkyl halides is 2. The molecule has 0 aliphatic heterocycles. The lowest BCUT2D eigenvalue weighted by molar-refractivity contribution is 0.0170. The summed E-state index contributed by atoms with van der Waals surface area (Å²) in [6.07, 6.45) is 0. The Labute approximate surface area is 135 Å². The van der Waals surface area contributed by atoms with Crippen molar-refractivity contribution in [2.45, 2.75) is 10.1 Å². The molecule has 0 radical (unpaired) electrons. The maximum Gasteiger partial charge on any atom is 0.273 e. The molecule has 0 amide bonds. The SMILES string of the molecule is Cl.NCC(F)(F)CNS(=O)(=O)c1cc2cc(Cl)ccc2s1. The predicted octanol–water partition coefficient (Wildman–Crippen LogP) is 2.85. The average Bonchev–Trinajstić information content (AvgIpc) is 2.80. The van der Waals surface area contributed by atoms with Crippen molar-refractivity contribution >= 4 is 55.5 Å². The van der Waals surface area contributed by atoms with E-state index in [9.17, 15) is 17.2 Å². The number of fused-ring (bicyclic) bond motifs is 1. The molecule has 1 aromatic heterocycles. The van der Waals surface area contributed by atoms with Crippen LogP contribution in [0.15, 0.2) is 28.5 Å². The number of thiophene rings is 1. The van der Waals surface area contributed by atoms with E-state index in [1.54, 1.807) is 18.2 Å². The van der Waals surface area contributed by atoms with Crippen molar-refractivity contribution < 1.29 is 17.2 Å². The van der Waals surface area contributed by atoms with Crippen molar-refractivity contribution in [2.75, 3.05) is 13.1 Å². The van der Waals surface area contributed by atoms with Crippen LogP contribution in [0.1, 0.15) is 0 Å². The monoisotopic (exact) mass is 376 g/mol. The summed E-state index contributed by atoms with van der Waals surface area (Å²) >= 11 is 6.79. The van der Waals surface area contributed by atoms with Gasteiger partial charge in [-0.1, -0.05) is 11.6 Å². The molecule has 118 valence electrons. The number of hydrogen-bond acceptors (Lipinski definition) is 4. The third kappa shape index (κ3) is 4.48. The van der Waals surface area contributed by atoms with E-state index in [1.165, 1.54) is 6.07 Å². The lowest BCUT2D eigenvalue weighted by atomic mass is 10.3. The van der Waals surface area contributed by atoms with Crippen LogP contribution in [-0.2, 0) is 10.0 Å². The maximum atomic E-state index is 13.0. The Morgan fingerprint density at radius 2 is 2.00 bits per heavy atom. The molecule has 0 aliphatic rings. The number of nitrogens with two attached hydrogens (primary N) is 1.